The van der Waals surface area contributed by atoms with Crippen LogP contribution in [0.3, 0.4) is 0 Å². The van der Waals surface area contributed by atoms with Gasteiger partial charge in [0.1, 0.15) is 12.3 Å². The number of hydrogen-bond acceptors (Lipinski definition) is 7. The normalized spacial score (nSPS) is 13.2. The summed E-state index contributed by atoms with van der Waals surface area (Å²) in [5.74, 6) is 0.782. The largest absolute Gasteiger partial charge is 0.494 e. The number of ether oxygens (including phenoxy) is 3. The lowest BCUT2D eigenvalue weighted by atomic mass is 10.2. The molecule has 2 amide bonds. The lowest BCUT2D eigenvalue weighted by Gasteiger charge is -2.25. The molecule has 0 radical (unpaired) electrons. The number of amides is 2. The summed E-state index contributed by atoms with van der Waals surface area (Å²) in [6, 6.07) is 18.1. The highest BCUT2D eigenvalue weighted by atomic mass is 32.2. The molecule has 0 unspecified atom stereocenters. The molecule has 3 aromatic rings. The maximum atomic E-state index is 13.8. The second-order valence-electron chi connectivity index (χ2n) is 9.05. The maximum Gasteiger partial charge on any atom is 0.264 e. The zero-order valence-corrected chi connectivity index (χ0v) is 23.6. The third kappa shape index (κ3) is 6.48. The Morgan fingerprint density at radius 3 is 2.40 bits per heavy atom. The number of nitrogens with zero attached hydrogens (tertiary/aromatic N) is 2. The van der Waals surface area contributed by atoms with Gasteiger partial charge in [-0.2, -0.15) is 0 Å². The molecule has 40 heavy (non-hydrogen) atoms. The number of carbonyl (C=O) groups excluding carboxylic acids is 2. The number of methoxy groups -OCH3 is 2. The summed E-state index contributed by atoms with van der Waals surface area (Å²) in [4.78, 5) is 26.9. The quantitative estimate of drug-likeness (QED) is 0.355. The third-order valence-electron chi connectivity index (χ3n) is 6.45. The highest BCUT2D eigenvalue weighted by Gasteiger charge is 2.28. The van der Waals surface area contributed by atoms with Gasteiger partial charge < -0.3 is 24.4 Å². The van der Waals surface area contributed by atoms with Crippen LogP contribution >= 0.6 is 0 Å². The van der Waals surface area contributed by atoms with E-state index in [-0.39, 0.29) is 23.1 Å². The Labute approximate surface area is 234 Å². The van der Waals surface area contributed by atoms with Crippen LogP contribution in [-0.2, 0) is 26.2 Å². The minimum absolute atomic E-state index is 0.0604. The Morgan fingerprint density at radius 1 is 1.00 bits per heavy atom. The predicted molar refractivity (Wildman–Crippen MR) is 152 cm³/mol. The van der Waals surface area contributed by atoms with Gasteiger partial charge >= 0.3 is 0 Å². The van der Waals surface area contributed by atoms with Crippen LogP contribution in [0.2, 0.25) is 0 Å². The Hall–Kier alpha value is -4.25. The van der Waals surface area contributed by atoms with Crippen molar-refractivity contribution >= 4 is 33.2 Å². The van der Waals surface area contributed by atoms with Gasteiger partial charge in [-0.05, 0) is 67.4 Å². The van der Waals surface area contributed by atoms with E-state index in [2.05, 4.69) is 5.32 Å². The van der Waals surface area contributed by atoms with Gasteiger partial charge in [-0.1, -0.05) is 12.1 Å². The number of anilines is 2. The van der Waals surface area contributed by atoms with Gasteiger partial charge in [0.15, 0.2) is 11.5 Å². The molecular formula is C29H33N3O7S. The minimum atomic E-state index is -4.19. The molecule has 1 aliphatic rings. The van der Waals surface area contributed by atoms with Crippen molar-refractivity contribution in [3.63, 3.8) is 0 Å². The van der Waals surface area contributed by atoms with Crippen LogP contribution in [0, 0.1) is 0 Å². The van der Waals surface area contributed by atoms with E-state index in [0.29, 0.717) is 36.8 Å². The fourth-order valence-corrected chi connectivity index (χ4v) is 5.87. The molecule has 212 valence electrons. The molecule has 10 nitrogen and oxygen atoms in total. The highest BCUT2D eigenvalue weighted by Crippen LogP contribution is 2.32. The zero-order valence-electron chi connectivity index (χ0n) is 22.8. The van der Waals surface area contributed by atoms with E-state index in [1.807, 2.05) is 31.2 Å². The van der Waals surface area contributed by atoms with E-state index in [1.165, 1.54) is 32.4 Å². The van der Waals surface area contributed by atoms with Crippen LogP contribution in [0.5, 0.6) is 17.2 Å². The van der Waals surface area contributed by atoms with Gasteiger partial charge in [0.25, 0.3) is 10.0 Å². The monoisotopic (exact) mass is 567 g/mol. The van der Waals surface area contributed by atoms with Crippen LogP contribution in [0.15, 0.2) is 71.6 Å². The van der Waals surface area contributed by atoms with Crippen molar-refractivity contribution in [1.29, 1.82) is 0 Å². The SMILES string of the molecule is CCOc1ccc(N(CC(=O)NCc2cccc(N3CCCC3=O)c2)S(=O)(=O)c2ccc(OC)c(OC)c2)cc1. The van der Waals surface area contributed by atoms with Crippen molar-refractivity contribution in [2.45, 2.75) is 31.2 Å². The summed E-state index contributed by atoms with van der Waals surface area (Å²) in [7, 11) is -1.31. The van der Waals surface area contributed by atoms with E-state index in [4.69, 9.17) is 14.2 Å². The predicted octanol–water partition coefficient (Wildman–Crippen LogP) is 3.74. The smallest absolute Gasteiger partial charge is 0.264 e. The summed E-state index contributed by atoms with van der Waals surface area (Å²) in [6.07, 6.45) is 1.34. The fraction of sp³-hybridized carbons (Fsp3) is 0.310. The molecule has 11 heteroatoms. The fourth-order valence-electron chi connectivity index (χ4n) is 4.44. The summed E-state index contributed by atoms with van der Waals surface area (Å²) in [6.45, 7) is 2.68. The van der Waals surface area contributed by atoms with E-state index in [9.17, 15) is 18.0 Å². The lowest BCUT2D eigenvalue weighted by Crippen LogP contribution is -2.40. The number of sulfonamides is 1. The van der Waals surface area contributed by atoms with Crippen molar-refractivity contribution in [3.8, 4) is 17.2 Å². The van der Waals surface area contributed by atoms with E-state index in [1.54, 1.807) is 29.2 Å². The number of benzene rings is 3. The Balaban J connectivity index is 1.57. The summed E-state index contributed by atoms with van der Waals surface area (Å²) in [5.41, 5.74) is 1.87. The number of rotatable bonds is 12. The molecule has 1 saturated heterocycles. The second kappa shape index (κ2) is 12.7. The molecule has 0 atom stereocenters. The summed E-state index contributed by atoms with van der Waals surface area (Å²) >= 11 is 0. The summed E-state index contributed by atoms with van der Waals surface area (Å²) in [5, 5.41) is 2.81. The van der Waals surface area contributed by atoms with Gasteiger partial charge in [-0.15, -0.1) is 0 Å². The average Bonchev–Trinajstić information content (AvgIpc) is 3.41. The zero-order chi connectivity index (χ0) is 28.7. The van der Waals surface area contributed by atoms with Crippen LogP contribution < -0.4 is 28.7 Å². The molecule has 0 spiro atoms. The number of carbonyl (C=O) groups is 2. The summed E-state index contributed by atoms with van der Waals surface area (Å²) < 4.78 is 44.7. The maximum absolute atomic E-state index is 13.8. The first kappa shape index (κ1) is 28.8. The molecule has 0 bridgehead atoms. The molecule has 1 heterocycles. The van der Waals surface area contributed by atoms with Gasteiger partial charge in [-0.25, -0.2) is 8.42 Å². The molecule has 1 fully saturated rings. The van der Waals surface area contributed by atoms with Crippen LogP contribution in [0.1, 0.15) is 25.3 Å². The lowest BCUT2D eigenvalue weighted by molar-refractivity contribution is -0.120. The van der Waals surface area contributed by atoms with Crippen LogP contribution in [-0.4, -0.2) is 54.1 Å². The van der Waals surface area contributed by atoms with Gasteiger partial charge in [0, 0.05) is 31.3 Å². The Bertz CT molecular complexity index is 1460. The Kier molecular flexibility index (Phi) is 9.15. The molecule has 0 aliphatic carbocycles. The molecule has 0 saturated carbocycles. The van der Waals surface area contributed by atoms with Gasteiger partial charge in [0.2, 0.25) is 11.8 Å². The molecule has 4 rings (SSSR count). The van der Waals surface area contributed by atoms with Crippen molar-refractivity contribution in [1.82, 2.24) is 5.32 Å². The molecule has 0 aromatic heterocycles. The molecule has 3 aromatic carbocycles. The highest BCUT2D eigenvalue weighted by molar-refractivity contribution is 7.92. The molecule has 1 N–H and O–H groups in total. The second-order valence-corrected chi connectivity index (χ2v) is 10.9. The van der Waals surface area contributed by atoms with E-state index >= 15 is 0 Å². The molecular weight excluding hydrogens is 534 g/mol. The number of nitrogens with one attached hydrogen (secondary N) is 1. The van der Waals surface area contributed by atoms with Crippen molar-refractivity contribution in [2.24, 2.45) is 0 Å². The molecule has 1 aliphatic heterocycles. The van der Waals surface area contributed by atoms with Gasteiger partial charge in [-0.3, -0.25) is 13.9 Å². The van der Waals surface area contributed by atoms with Crippen molar-refractivity contribution in [3.05, 3.63) is 72.3 Å². The van der Waals surface area contributed by atoms with Crippen molar-refractivity contribution in [2.75, 3.05) is 43.1 Å². The minimum Gasteiger partial charge on any atom is -0.494 e. The number of hydrogen-bond donors (Lipinski definition) is 1. The first-order valence-corrected chi connectivity index (χ1v) is 14.3. The van der Waals surface area contributed by atoms with Crippen LogP contribution in [0.4, 0.5) is 11.4 Å². The first-order valence-electron chi connectivity index (χ1n) is 12.9. The topological polar surface area (TPSA) is 114 Å². The Morgan fingerprint density at radius 2 is 1.75 bits per heavy atom. The third-order valence-corrected chi connectivity index (χ3v) is 8.22. The van der Waals surface area contributed by atoms with Gasteiger partial charge in [0.05, 0.1) is 31.4 Å². The van der Waals surface area contributed by atoms with E-state index in [0.717, 1.165) is 22.0 Å². The van der Waals surface area contributed by atoms with Crippen LogP contribution in [0.25, 0.3) is 0 Å². The van der Waals surface area contributed by atoms with Crippen molar-refractivity contribution < 1.29 is 32.2 Å². The van der Waals surface area contributed by atoms with E-state index < -0.39 is 22.5 Å². The first-order chi connectivity index (χ1) is 19.3. The average molecular weight is 568 g/mol. The standard InChI is InChI=1S/C29H33N3O7S/c1-4-39-24-12-10-22(11-13-24)32(40(35,36)25-14-15-26(37-2)27(18-25)38-3)20-28(33)30-19-21-7-5-8-23(17-21)31-16-6-9-29(31)34/h5,7-8,10-15,17-18H,4,6,9,16,19-20H2,1-3H3,(H,30,33).